The molecule has 0 aliphatic carbocycles. The second-order valence-electron chi connectivity index (χ2n) is 8.37. The van der Waals surface area contributed by atoms with E-state index in [0.717, 1.165) is 30.3 Å². The van der Waals surface area contributed by atoms with Crippen molar-refractivity contribution in [2.75, 3.05) is 17.6 Å². The van der Waals surface area contributed by atoms with E-state index >= 15 is 0 Å². The van der Waals surface area contributed by atoms with Gasteiger partial charge in [0, 0.05) is 17.5 Å². The molecule has 0 aliphatic heterocycles. The Morgan fingerprint density at radius 2 is 1.84 bits per heavy atom. The van der Waals surface area contributed by atoms with Gasteiger partial charge < -0.3 is 10.6 Å². The Hall–Kier alpha value is -2.88. The maximum absolute atomic E-state index is 12.7. The van der Waals surface area contributed by atoms with E-state index in [4.69, 9.17) is 11.6 Å². The van der Waals surface area contributed by atoms with Gasteiger partial charge in [-0.25, -0.2) is 0 Å². The molecule has 0 atom stereocenters. The summed E-state index contributed by atoms with van der Waals surface area (Å²) in [5, 5.41) is 17.3. The van der Waals surface area contributed by atoms with Gasteiger partial charge in [-0.1, -0.05) is 74.0 Å². The van der Waals surface area contributed by atoms with E-state index in [1.807, 2.05) is 16.7 Å². The third-order valence-electron chi connectivity index (χ3n) is 5.86. The van der Waals surface area contributed by atoms with Crippen LogP contribution in [0, 0.1) is 0 Å². The molecule has 0 fully saturated rings. The fourth-order valence-corrected chi connectivity index (χ4v) is 5.48. The monoisotopic (exact) mass is 599 g/mol. The molecule has 10 heteroatoms. The summed E-state index contributed by atoms with van der Waals surface area (Å²) in [5.74, 6) is -0.330. The number of rotatable bonds is 10. The lowest BCUT2D eigenvalue weighted by atomic mass is 10.0. The van der Waals surface area contributed by atoms with E-state index in [-0.39, 0.29) is 17.6 Å². The van der Waals surface area contributed by atoms with E-state index in [1.165, 1.54) is 22.7 Å². The minimum atomic E-state index is -0.246. The molecule has 192 valence electrons. The highest BCUT2D eigenvalue weighted by atomic mass is 79.9. The van der Waals surface area contributed by atoms with Crippen LogP contribution in [0.15, 0.2) is 64.5 Å². The summed E-state index contributed by atoms with van der Waals surface area (Å²) in [6.07, 6.45) is 2.84. The topological polar surface area (TPSA) is 88.9 Å². The Bertz CT molecular complexity index is 1440. The number of nitrogens with one attached hydrogen (secondary N) is 2. The fourth-order valence-electron chi connectivity index (χ4n) is 3.95. The van der Waals surface area contributed by atoms with Gasteiger partial charge in [0.1, 0.15) is 0 Å². The third kappa shape index (κ3) is 6.34. The van der Waals surface area contributed by atoms with Crippen LogP contribution in [0.1, 0.15) is 42.6 Å². The smallest absolute Gasteiger partial charge is 0.251 e. The minimum absolute atomic E-state index is 0.103. The first-order chi connectivity index (χ1) is 17.9. The van der Waals surface area contributed by atoms with Crippen LogP contribution in [0.4, 0.5) is 5.69 Å². The molecule has 1 aromatic heterocycles. The van der Waals surface area contributed by atoms with E-state index < -0.39 is 0 Å². The number of halogens is 2. The molecule has 0 aliphatic rings. The predicted octanol–water partition coefficient (Wildman–Crippen LogP) is 6.66. The van der Waals surface area contributed by atoms with Gasteiger partial charge in [0.05, 0.1) is 22.2 Å². The summed E-state index contributed by atoms with van der Waals surface area (Å²) >= 11 is 11.1. The molecule has 0 spiro atoms. The number of hydrogen-bond donors (Lipinski definition) is 2. The Labute approximate surface area is 233 Å². The first-order valence-corrected chi connectivity index (χ1v) is 14.2. The largest absolute Gasteiger partial charge is 0.352 e. The molecule has 37 heavy (non-hydrogen) atoms. The van der Waals surface area contributed by atoms with Crippen LogP contribution in [0.25, 0.3) is 16.5 Å². The first-order valence-electron chi connectivity index (χ1n) is 12.0. The summed E-state index contributed by atoms with van der Waals surface area (Å²) in [6.45, 7) is 4.81. The lowest BCUT2D eigenvalue weighted by Crippen LogP contribution is -2.24. The minimum Gasteiger partial charge on any atom is -0.352 e. The van der Waals surface area contributed by atoms with Gasteiger partial charge in [-0.15, -0.1) is 10.2 Å². The molecule has 0 saturated heterocycles. The highest BCUT2D eigenvalue weighted by Gasteiger charge is 2.18. The molecular weight excluding hydrogens is 574 g/mol. The number of unbranched alkanes of at least 4 members (excludes halogenated alkanes) is 1. The van der Waals surface area contributed by atoms with Crippen molar-refractivity contribution < 1.29 is 9.59 Å². The quantitative estimate of drug-likeness (QED) is 0.157. The van der Waals surface area contributed by atoms with E-state index in [0.29, 0.717) is 32.7 Å². The van der Waals surface area contributed by atoms with Crippen molar-refractivity contribution in [3.8, 4) is 5.69 Å². The van der Waals surface area contributed by atoms with Gasteiger partial charge in [-0.3, -0.25) is 14.2 Å². The Morgan fingerprint density at radius 1 is 1.05 bits per heavy atom. The fraction of sp³-hybridized carbons (Fsp3) is 0.259. The molecule has 1 heterocycles. The van der Waals surface area contributed by atoms with Crippen LogP contribution in [0.5, 0.6) is 0 Å². The van der Waals surface area contributed by atoms with E-state index in [9.17, 15) is 9.59 Å². The molecule has 0 bridgehead atoms. The van der Waals surface area contributed by atoms with Crippen LogP contribution in [-0.2, 0) is 11.2 Å². The zero-order chi connectivity index (χ0) is 26.4. The normalized spacial score (nSPS) is 11.0. The molecule has 4 rings (SSSR count). The number of nitrogens with zero attached hydrogens (tertiary/aromatic N) is 3. The molecule has 0 unspecified atom stereocenters. The maximum atomic E-state index is 12.7. The average molecular weight is 601 g/mol. The average Bonchev–Trinajstić information content (AvgIpc) is 3.27. The van der Waals surface area contributed by atoms with Gasteiger partial charge in [0.25, 0.3) is 5.91 Å². The number of thioether (sulfide) groups is 1. The number of hydrogen-bond acceptors (Lipinski definition) is 5. The van der Waals surface area contributed by atoms with Crippen LogP contribution < -0.4 is 10.6 Å². The van der Waals surface area contributed by atoms with Crippen LogP contribution in [-0.4, -0.2) is 38.9 Å². The lowest BCUT2D eigenvalue weighted by Gasteiger charge is -2.13. The van der Waals surface area contributed by atoms with Crippen molar-refractivity contribution in [2.24, 2.45) is 0 Å². The molecule has 0 radical (unpaired) electrons. The molecule has 2 N–H and O–H groups in total. The lowest BCUT2D eigenvalue weighted by molar-refractivity contribution is -0.113. The van der Waals surface area contributed by atoms with Gasteiger partial charge in [0.15, 0.2) is 5.16 Å². The molecule has 7 nitrogen and oxygen atoms in total. The number of benzene rings is 3. The van der Waals surface area contributed by atoms with Crippen LogP contribution in [0.3, 0.4) is 0 Å². The second-order valence-corrected chi connectivity index (χ2v) is 10.4. The summed E-state index contributed by atoms with van der Waals surface area (Å²) < 4.78 is 2.46. The maximum Gasteiger partial charge on any atom is 0.251 e. The van der Waals surface area contributed by atoms with Crippen molar-refractivity contribution in [3.05, 3.63) is 75.5 Å². The summed E-state index contributed by atoms with van der Waals surface area (Å²) in [5.41, 5.74) is 3.09. The highest BCUT2D eigenvalue weighted by Crippen LogP contribution is 2.32. The van der Waals surface area contributed by atoms with Crippen molar-refractivity contribution in [2.45, 2.75) is 38.3 Å². The SMILES string of the molecule is CCCCNC(=O)c1ccc(NC(=O)CSc2nnc(Br)n2-c2ccc(CC)c3ccccc23)c(Cl)c1. The van der Waals surface area contributed by atoms with Gasteiger partial charge >= 0.3 is 0 Å². The highest BCUT2D eigenvalue weighted by molar-refractivity contribution is 9.10. The number of aromatic nitrogens is 3. The second kappa shape index (κ2) is 12.6. The molecule has 4 aromatic rings. The van der Waals surface area contributed by atoms with Crippen LogP contribution >= 0.6 is 39.3 Å². The Morgan fingerprint density at radius 3 is 2.57 bits per heavy atom. The van der Waals surface area contributed by atoms with Crippen molar-refractivity contribution in [1.82, 2.24) is 20.1 Å². The standard InChI is InChI=1S/C27H27BrClN5O2S/c1-3-5-14-30-25(36)18-10-12-22(21(29)15-18)31-24(35)16-37-27-33-32-26(28)34(27)23-13-11-17(4-2)19-8-6-7-9-20(19)23/h6-13,15H,3-5,14,16H2,1-2H3,(H,30,36)(H,31,35). The zero-order valence-electron chi connectivity index (χ0n) is 20.6. The number of aryl methyl sites for hydroxylation is 1. The molecule has 0 saturated carbocycles. The summed E-state index contributed by atoms with van der Waals surface area (Å²) in [7, 11) is 0. The van der Waals surface area contributed by atoms with E-state index in [2.05, 4.69) is 74.9 Å². The number of anilines is 1. The number of amides is 2. The Balaban J connectivity index is 1.47. The van der Waals surface area contributed by atoms with Gasteiger partial charge in [-0.05, 0) is 64.0 Å². The number of carbonyl (C=O) groups excluding carboxylic acids is 2. The van der Waals surface area contributed by atoms with Gasteiger partial charge in [-0.2, -0.15) is 0 Å². The van der Waals surface area contributed by atoms with Crippen LogP contribution in [0.2, 0.25) is 5.02 Å². The van der Waals surface area contributed by atoms with Crippen molar-refractivity contribution in [1.29, 1.82) is 0 Å². The molecular formula is C27H27BrClN5O2S. The summed E-state index contributed by atoms with van der Waals surface area (Å²) in [6, 6.07) is 17.2. The number of carbonyl (C=O) groups is 2. The van der Waals surface area contributed by atoms with Gasteiger partial charge in [0.2, 0.25) is 10.6 Å². The summed E-state index contributed by atoms with van der Waals surface area (Å²) in [4.78, 5) is 25.0. The Kier molecular flexibility index (Phi) is 9.23. The number of fused-ring (bicyclic) bond motifs is 1. The van der Waals surface area contributed by atoms with Crippen molar-refractivity contribution >= 4 is 67.6 Å². The molecule has 3 aromatic carbocycles. The first kappa shape index (κ1) is 27.2. The predicted molar refractivity (Wildman–Crippen MR) is 154 cm³/mol. The third-order valence-corrected chi connectivity index (χ3v) is 7.62. The zero-order valence-corrected chi connectivity index (χ0v) is 23.7. The van der Waals surface area contributed by atoms with Crippen molar-refractivity contribution in [3.63, 3.8) is 0 Å². The van der Waals surface area contributed by atoms with E-state index in [1.54, 1.807) is 18.2 Å². The molecule has 2 amide bonds.